The number of β-lactam (4-membered cyclic amide) rings is 1. The van der Waals surface area contributed by atoms with Gasteiger partial charge in [-0.2, -0.15) is 0 Å². The zero-order valence-corrected chi connectivity index (χ0v) is 16.5. The van der Waals surface area contributed by atoms with Crippen LogP contribution in [0.2, 0.25) is 0 Å². The number of likely N-dealkylation sites (tertiary alicyclic amines) is 1. The van der Waals surface area contributed by atoms with Gasteiger partial charge in [0.25, 0.3) is 0 Å². The Bertz CT molecular complexity index is 689. The lowest BCUT2D eigenvalue weighted by Gasteiger charge is -2.53. The molecule has 0 spiro atoms. The van der Waals surface area contributed by atoms with Crippen LogP contribution in [0.15, 0.2) is 30.3 Å². The van der Waals surface area contributed by atoms with E-state index in [0.717, 1.165) is 5.56 Å². The van der Waals surface area contributed by atoms with Crippen molar-refractivity contribution in [2.75, 3.05) is 13.2 Å². The summed E-state index contributed by atoms with van der Waals surface area (Å²) in [6.45, 7) is 9.29. The smallest absolute Gasteiger partial charge is 0.231 e. The van der Waals surface area contributed by atoms with E-state index in [1.165, 1.54) is 0 Å². The molecule has 0 aromatic heterocycles. The van der Waals surface area contributed by atoms with Gasteiger partial charge in [-0.3, -0.25) is 4.79 Å². The number of ether oxygens (including phenoxy) is 4. The molecule has 3 aliphatic rings. The van der Waals surface area contributed by atoms with E-state index in [0.29, 0.717) is 26.2 Å². The first kappa shape index (κ1) is 18.9. The van der Waals surface area contributed by atoms with E-state index in [9.17, 15) is 4.79 Å². The molecule has 1 amide bonds. The van der Waals surface area contributed by atoms with Crippen LogP contribution in [0, 0.1) is 5.92 Å². The van der Waals surface area contributed by atoms with Crippen molar-refractivity contribution < 1.29 is 23.7 Å². The van der Waals surface area contributed by atoms with Crippen molar-refractivity contribution in [3.05, 3.63) is 35.9 Å². The molecule has 4 atom stereocenters. The van der Waals surface area contributed by atoms with Gasteiger partial charge in [-0.05, 0) is 39.7 Å². The fourth-order valence-electron chi connectivity index (χ4n) is 4.39. The lowest BCUT2D eigenvalue weighted by atomic mass is 9.78. The minimum absolute atomic E-state index is 0.0571. The summed E-state index contributed by atoms with van der Waals surface area (Å²) in [6.07, 6.45) is 0.401. The van der Waals surface area contributed by atoms with Gasteiger partial charge >= 0.3 is 0 Å². The fraction of sp³-hybridized carbons (Fsp3) is 0.667. The molecule has 1 aromatic carbocycles. The second-order valence-electron chi connectivity index (χ2n) is 8.53. The molecular formula is C21H29NO5. The number of carbonyl (C=O) groups is 1. The number of nitrogens with zero attached hydrogens (tertiary/aromatic N) is 1. The molecule has 6 nitrogen and oxygen atoms in total. The van der Waals surface area contributed by atoms with Crippen LogP contribution in [0.25, 0.3) is 0 Å². The van der Waals surface area contributed by atoms with Crippen molar-refractivity contribution in [3.63, 3.8) is 0 Å². The first-order valence-electron chi connectivity index (χ1n) is 9.74. The molecule has 1 aromatic rings. The van der Waals surface area contributed by atoms with E-state index in [1.807, 2.05) is 62.9 Å². The predicted octanol–water partition coefficient (Wildman–Crippen LogP) is 2.71. The molecule has 27 heavy (non-hydrogen) atoms. The summed E-state index contributed by atoms with van der Waals surface area (Å²) < 4.78 is 23.7. The second-order valence-corrected chi connectivity index (χ2v) is 8.53. The van der Waals surface area contributed by atoms with Gasteiger partial charge in [-0.25, -0.2) is 0 Å². The minimum atomic E-state index is -0.667. The van der Waals surface area contributed by atoms with Crippen molar-refractivity contribution in [3.8, 4) is 0 Å². The van der Waals surface area contributed by atoms with Crippen molar-refractivity contribution in [2.45, 2.75) is 70.5 Å². The highest BCUT2D eigenvalue weighted by Crippen LogP contribution is 2.42. The monoisotopic (exact) mass is 375 g/mol. The fourth-order valence-corrected chi connectivity index (χ4v) is 4.39. The van der Waals surface area contributed by atoms with Crippen molar-refractivity contribution in [1.82, 2.24) is 4.90 Å². The van der Waals surface area contributed by atoms with Crippen LogP contribution in [0.3, 0.4) is 0 Å². The highest BCUT2D eigenvalue weighted by Gasteiger charge is 2.58. The third kappa shape index (κ3) is 3.76. The van der Waals surface area contributed by atoms with Crippen LogP contribution in [0.1, 0.15) is 39.7 Å². The van der Waals surface area contributed by atoms with Gasteiger partial charge in [0.2, 0.25) is 5.91 Å². The van der Waals surface area contributed by atoms with Gasteiger partial charge in [0.05, 0.1) is 31.3 Å². The average molecular weight is 375 g/mol. The van der Waals surface area contributed by atoms with Crippen LogP contribution in [-0.2, 0) is 30.3 Å². The predicted molar refractivity (Wildman–Crippen MR) is 98.7 cm³/mol. The van der Waals surface area contributed by atoms with E-state index in [1.54, 1.807) is 0 Å². The molecule has 4 rings (SSSR count). The maximum atomic E-state index is 13.1. The van der Waals surface area contributed by atoms with Gasteiger partial charge in [0, 0.05) is 6.54 Å². The third-order valence-electron chi connectivity index (χ3n) is 5.59. The molecule has 3 aliphatic heterocycles. The van der Waals surface area contributed by atoms with Crippen LogP contribution in [-0.4, -0.2) is 53.8 Å². The SMILES string of the molecule is CC1(C)OCC[C@@H]([C@@H]2C(=O)N(Cc3ccccc3)[C@@H]2[C@@H]2COC(C)(C)O2)O1. The summed E-state index contributed by atoms with van der Waals surface area (Å²) in [7, 11) is 0. The van der Waals surface area contributed by atoms with Crippen LogP contribution in [0.4, 0.5) is 0 Å². The summed E-state index contributed by atoms with van der Waals surface area (Å²) >= 11 is 0. The Morgan fingerprint density at radius 3 is 2.30 bits per heavy atom. The number of hydrogen-bond acceptors (Lipinski definition) is 5. The lowest BCUT2D eigenvalue weighted by molar-refractivity contribution is -0.293. The molecule has 0 bridgehead atoms. The highest BCUT2D eigenvalue weighted by atomic mass is 16.7. The molecule has 0 unspecified atom stereocenters. The molecule has 3 saturated heterocycles. The normalized spacial score (nSPS) is 35.1. The molecule has 148 valence electrons. The van der Waals surface area contributed by atoms with Crippen LogP contribution in [0.5, 0.6) is 0 Å². The molecule has 6 heteroatoms. The molecule has 0 saturated carbocycles. The largest absolute Gasteiger partial charge is 0.350 e. The zero-order chi connectivity index (χ0) is 19.2. The summed E-state index contributed by atoms with van der Waals surface area (Å²) in [5.41, 5.74) is 1.11. The van der Waals surface area contributed by atoms with E-state index in [2.05, 4.69) is 0 Å². The Balaban J connectivity index is 1.56. The summed E-state index contributed by atoms with van der Waals surface area (Å²) in [4.78, 5) is 15.0. The maximum Gasteiger partial charge on any atom is 0.231 e. The maximum absolute atomic E-state index is 13.1. The Kier molecular flexibility index (Phi) is 4.79. The lowest BCUT2D eigenvalue weighted by Crippen LogP contribution is -2.70. The number of hydrogen-bond donors (Lipinski definition) is 0. The Labute approximate surface area is 160 Å². The van der Waals surface area contributed by atoms with Crippen molar-refractivity contribution in [2.24, 2.45) is 5.92 Å². The summed E-state index contributed by atoms with van der Waals surface area (Å²) in [5, 5.41) is 0. The van der Waals surface area contributed by atoms with Crippen molar-refractivity contribution >= 4 is 5.91 Å². The van der Waals surface area contributed by atoms with Gasteiger partial charge in [-0.15, -0.1) is 0 Å². The Hall–Kier alpha value is -1.47. The number of rotatable bonds is 4. The van der Waals surface area contributed by atoms with E-state index in [4.69, 9.17) is 18.9 Å². The second kappa shape index (κ2) is 6.85. The van der Waals surface area contributed by atoms with E-state index >= 15 is 0 Å². The molecule has 0 aliphatic carbocycles. The van der Waals surface area contributed by atoms with Crippen LogP contribution < -0.4 is 0 Å². The number of amides is 1. The average Bonchev–Trinajstić information content (AvgIpc) is 2.96. The first-order valence-corrected chi connectivity index (χ1v) is 9.74. The third-order valence-corrected chi connectivity index (χ3v) is 5.59. The van der Waals surface area contributed by atoms with E-state index in [-0.39, 0.29) is 30.1 Å². The molecular weight excluding hydrogens is 346 g/mol. The standard InChI is InChI=1S/C21H29NO5/c1-20(2)24-11-10-15(26-20)17-18(16-13-25-21(3,4)27-16)22(19(17)23)12-14-8-6-5-7-9-14/h5-9,15-18H,10-13H2,1-4H3/t15-,16-,17-,18+/m0/s1. The Morgan fingerprint density at radius 2 is 1.67 bits per heavy atom. The first-order chi connectivity index (χ1) is 12.8. The summed E-state index contributed by atoms with van der Waals surface area (Å²) in [6, 6.07) is 10.0. The summed E-state index contributed by atoms with van der Waals surface area (Å²) in [5.74, 6) is -1.39. The zero-order valence-electron chi connectivity index (χ0n) is 16.5. The van der Waals surface area contributed by atoms with E-state index < -0.39 is 11.6 Å². The quantitative estimate of drug-likeness (QED) is 0.758. The molecule has 3 heterocycles. The van der Waals surface area contributed by atoms with Gasteiger partial charge in [-0.1, -0.05) is 30.3 Å². The highest BCUT2D eigenvalue weighted by molar-refractivity contribution is 5.87. The minimum Gasteiger partial charge on any atom is -0.350 e. The topological polar surface area (TPSA) is 57.2 Å². The number of carbonyl (C=O) groups excluding carboxylic acids is 1. The molecule has 0 radical (unpaired) electrons. The van der Waals surface area contributed by atoms with Crippen molar-refractivity contribution in [1.29, 1.82) is 0 Å². The van der Waals surface area contributed by atoms with Gasteiger partial charge in [0.1, 0.15) is 6.10 Å². The molecule has 0 N–H and O–H groups in total. The Morgan fingerprint density at radius 1 is 1.00 bits per heavy atom. The van der Waals surface area contributed by atoms with Gasteiger partial charge in [0.15, 0.2) is 11.6 Å². The van der Waals surface area contributed by atoms with Crippen LogP contribution >= 0.6 is 0 Å². The number of benzene rings is 1. The van der Waals surface area contributed by atoms with Gasteiger partial charge < -0.3 is 23.8 Å². The molecule has 3 fully saturated rings.